The highest BCUT2D eigenvalue weighted by Crippen LogP contribution is 2.46. The zero-order valence-corrected chi connectivity index (χ0v) is 24.0. The average Bonchev–Trinajstić information content (AvgIpc) is 3.30. The lowest BCUT2D eigenvalue weighted by Gasteiger charge is -2.18. The second kappa shape index (κ2) is 11.0. The first kappa shape index (κ1) is 27.2. The predicted octanol–water partition coefficient (Wildman–Crippen LogP) is 5.81. The third kappa shape index (κ3) is 4.46. The van der Waals surface area contributed by atoms with Crippen LogP contribution in [0.15, 0.2) is 65.1 Å². The van der Waals surface area contributed by atoms with E-state index in [2.05, 4.69) is 15.9 Å². The van der Waals surface area contributed by atoms with E-state index in [4.69, 9.17) is 18.9 Å². The molecule has 9 heteroatoms. The number of hydrogen-bond acceptors (Lipinski definition) is 7. The molecular weight excluding hydrogens is 578 g/mol. The highest BCUT2D eigenvalue weighted by atomic mass is 79.9. The van der Waals surface area contributed by atoms with Crippen molar-refractivity contribution in [2.45, 2.75) is 13.3 Å². The Morgan fingerprint density at radius 3 is 2.05 bits per heavy atom. The summed E-state index contributed by atoms with van der Waals surface area (Å²) in [4.78, 5) is 41.3. The van der Waals surface area contributed by atoms with Crippen molar-refractivity contribution in [3.05, 3.63) is 93.2 Å². The van der Waals surface area contributed by atoms with E-state index in [9.17, 15) is 14.4 Å². The minimum absolute atomic E-state index is 0.171. The Labute approximate surface area is 239 Å². The van der Waals surface area contributed by atoms with E-state index < -0.39 is 5.97 Å². The molecule has 204 valence electrons. The van der Waals surface area contributed by atoms with Gasteiger partial charge in [-0.15, -0.1) is 0 Å². The summed E-state index contributed by atoms with van der Waals surface area (Å²) in [6.45, 7) is 1.90. The quantitative estimate of drug-likeness (QED) is 0.206. The Balaban J connectivity index is 1.94. The maximum atomic E-state index is 14.2. The topological polar surface area (TPSA) is 93.1 Å². The first-order chi connectivity index (χ1) is 19.3. The molecule has 3 aromatic carbocycles. The molecule has 1 aromatic heterocycles. The Bertz CT molecular complexity index is 1650. The molecule has 0 amide bonds. The molecule has 0 bridgehead atoms. The van der Waals surface area contributed by atoms with Gasteiger partial charge in [0, 0.05) is 32.5 Å². The van der Waals surface area contributed by atoms with Gasteiger partial charge in [-0.05, 0) is 42.8 Å². The molecule has 8 nitrogen and oxygen atoms in total. The van der Waals surface area contributed by atoms with Gasteiger partial charge in [0.1, 0.15) is 5.69 Å². The van der Waals surface area contributed by atoms with E-state index in [1.807, 2.05) is 24.3 Å². The van der Waals surface area contributed by atoms with Crippen LogP contribution >= 0.6 is 15.9 Å². The summed E-state index contributed by atoms with van der Waals surface area (Å²) in [6, 6.07) is 17.4. The number of benzene rings is 3. The summed E-state index contributed by atoms with van der Waals surface area (Å²) >= 11 is 3.51. The molecule has 0 saturated carbocycles. The summed E-state index contributed by atoms with van der Waals surface area (Å²) in [5, 5.41) is 0. The van der Waals surface area contributed by atoms with Gasteiger partial charge in [0.2, 0.25) is 11.5 Å². The molecule has 0 atom stereocenters. The second-order valence-electron chi connectivity index (χ2n) is 8.96. The lowest BCUT2D eigenvalue weighted by molar-refractivity contribution is -0.142. The second-order valence-corrected chi connectivity index (χ2v) is 9.88. The molecule has 40 heavy (non-hydrogen) atoms. The van der Waals surface area contributed by atoms with Crippen molar-refractivity contribution in [1.82, 2.24) is 4.57 Å². The molecule has 5 rings (SSSR count). The number of esters is 1. The fourth-order valence-corrected chi connectivity index (χ4v) is 5.54. The first-order valence-electron chi connectivity index (χ1n) is 12.5. The summed E-state index contributed by atoms with van der Waals surface area (Å²) in [6.07, 6.45) is -0.198. The van der Waals surface area contributed by atoms with Crippen LogP contribution in [-0.4, -0.2) is 50.0 Å². The zero-order valence-electron chi connectivity index (χ0n) is 22.4. The summed E-state index contributed by atoms with van der Waals surface area (Å²) in [5.41, 5.74) is 2.90. The van der Waals surface area contributed by atoms with Gasteiger partial charge in [0.15, 0.2) is 17.3 Å². The highest BCUT2D eigenvalue weighted by Gasteiger charge is 2.39. The summed E-state index contributed by atoms with van der Waals surface area (Å²) in [7, 11) is 4.48. The molecule has 0 unspecified atom stereocenters. The monoisotopic (exact) mass is 603 g/mol. The van der Waals surface area contributed by atoms with Gasteiger partial charge in [-0.25, -0.2) is 0 Å². The fraction of sp³-hybridized carbons (Fsp3) is 0.194. The van der Waals surface area contributed by atoms with E-state index in [-0.39, 0.29) is 35.9 Å². The number of fused-ring (bicyclic) bond motifs is 2. The van der Waals surface area contributed by atoms with Crippen molar-refractivity contribution in [3.63, 3.8) is 0 Å². The van der Waals surface area contributed by atoms with Crippen molar-refractivity contribution >= 4 is 33.5 Å². The van der Waals surface area contributed by atoms with E-state index in [1.165, 1.54) is 21.3 Å². The lowest BCUT2D eigenvalue weighted by atomic mass is 9.84. The minimum Gasteiger partial charge on any atom is -0.493 e. The standard InChI is InChI=1S/C31H26BrNO7/c1-5-40-25(34)16-22-26(17-13-23(37-2)31(39-4)24(14-17)38-3)27-28(33(22)19-10-8-9-18(32)15-19)30(36)21-12-7-6-11-20(21)29(27)35/h6-15H,5,16H2,1-4H3. The van der Waals surface area contributed by atoms with Crippen molar-refractivity contribution in [3.8, 4) is 34.1 Å². The number of nitrogens with zero attached hydrogens (tertiary/aromatic N) is 1. The molecule has 0 N–H and O–H groups in total. The molecule has 1 heterocycles. The fourth-order valence-electron chi connectivity index (χ4n) is 5.15. The Morgan fingerprint density at radius 1 is 0.825 bits per heavy atom. The van der Waals surface area contributed by atoms with Gasteiger partial charge < -0.3 is 23.5 Å². The van der Waals surface area contributed by atoms with Crippen LogP contribution < -0.4 is 14.2 Å². The smallest absolute Gasteiger partial charge is 0.311 e. The van der Waals surface area contributed by atoms with Gasteiger partial charge in [-0.1, -0.05) is 46.3 Å². The minimum atomic E-state index is -0.500. The number of methoxy groups -OCH3 is 3. The molecule has 0 aliphatic heterocycles. The zero-order chi connectivity index (χ0) is 28.6. The molecular formula is C31H26BrNO7. The largest absolute Gasteiger partial charge is 0.493 e. The van der Waals surface area contributed by atoms with E-state index in [1.54, 1.807) is 47.9 Å². The third-order valence-electron chi connectivity index (χ3n) is 6.76. The number of hydrogen-bond donors (Lipinski definition) is 0. The van der Waals surface area contributed by atoms with E-state index in [0.29, 0.717) is 50.9 Å². The van der Waals surface area contributed by atoms with Crippen molar-refractivity contribution in [1.29, 1.82) is 0 Å². The van der Waals surface area contributed by atoms with Gasteiger partial charge in [-0.2, -0.15) is 0 Å². The Morgan fingerprint density at radius 2 is 1.48 bits per heavy atom. The normalized spacial score (nSPS) is 12.0. The predicted molar refractivity (Wildman–Crippen MR) is 152 cm³/mol. The van der Waals surface area contributed by atoms with Gasteiger partial charge in [-0.3, -0.25) is 14.4 Å². The maximum Gasteiger partial charge on any atom is 0.311 e. The molecule has 0 radical (unpaired) electrons. The molecule has 0 saturated heterocycles. The first-order valence-corrected chi connectivity index (χ1v) is 13.3. The number of ketones is 2. The highest BCUT2D eigenvalue weighted by molar-refractivity contribution is 9.10. The lowest BCUT2D eigenvalue weighted by Crippen LogP contribution is -2.23. The number of carbonyl (C=O) groups is 3. The SMILES string of the molecule is CCOC(=O)Cc1c(-c2cc(OC)c(OC)c(OC)c2)c2c(n1-c1cccc(Br)c1)C(=O)c1ccccc1C2=O. The van der Waals surface area contributed by atoms with Gasteiger partial charge in [0.05, 0.1) is 39.9 Å². The molecule has 1 aliphatic rings. The van der Waals surface area contributed by atoms with Crippen molar-refractivity contribution in [2.75, 3.05) is 27.9 Å². The van der Waals surface area contributed by atoms with Gasteiger partial charge in [0.25, 0.3) is 0 Å². The Kier molecular flexibility index (Phi) is 7.49. The van der Waals surface area contributed by atoms with E-state index >= 15 is 0 Å². The number of ether oxygens (including phenoxy) is 4. The van der Waals surface area contributed by atoms with Crippen LogP contribution in [-0.2, 0) is 16.0 Å². The number of carbonyl (C=O) groups excluding carboxylic acids is 3. The molecule has 1 aliphatic carbocycles. The van der Waals surface area contributed by atoms with Gasteiger partial charge >= 0.3 is 5.97 Å². The van der Waals surface area contributed by atoms with Crippen molar-refractivity contribution in [2.24, 2.45) is 0 Å². The Hall–Kier alpha value is -4.37. The number of rotatable bonds is 8. The number of halogens is 1. The maximum absolute atomic E-state index is 14.2. The van der Waals surface area contributed by atoms with E-state index in [0.717, 1.165) is 4.47 Å². The van der Waals surface area contributed by atoms with Crippen LogP contribution in [0.2, 0.25) is 0 Å². The van der Waals surface area contributed by atoms with Crippen LogP contribution in [0.3, 0.4) is 0 Å². The van der Waals surface area contributed by atoms with Crippen LogP contribution in [0.5, 0.6) is 17.2 Å². The van der Waals surface area contributed by atoms with Crippen LogP contribution in [0.25, 0.3) is 16.8 Å². The summed E-state index contributed by atoms with van der Waals surface area (Å²) in [5.74, 6) is -0.0639. The molecule has 0 fully saturated rings. The third-order valence-corrected chi connectivity index (χ3v) is 7.26. The summed E-state index contributed by atoms with van der Waals surface area (Å²) < 4.78 is 24.5. The molecule has 0 spiro atoms. The van der Waals surface area contributed by atoms with Crippen LogP contribution in [0.1, 0.15) is 44.6 Å². The van der Waals surface area contributed by atoms with Crippen LogP contribution in [0, 0.1) is 0 Å². The van der Waals surface area contributed by atoms with Crippen molar-refractivity contribution < 1.29 is 33.3 Å². The van der Waals surface area contributed by atoms with Crippen LogP contribution in [0.4, 0.5) is 0 Å². The molecule has 4 aromatic rings. The average molecular weight is 604 g/mol. The number of aromatic nitrogens is 1.